The SMILES string of the molecule is CCCNCc1nnnn1-c1ccc(F)c([N+](=O)[O-])c1. The molecule has 0 bridgehead atoms. The van der Waals surface area contributed by atoms with Crippen LogP contribution in [-0.2, 0) is 6.54 Å². The fraction of sp³-hybridized carbons (Fsp3) is 0.364. The average molecular weight is 280 g/mol. The van der Waals surface area contributed by atoms with Crippen molar-refractivity contribution >= 4 is 5.69 Å². The van der Waals surface area contributed by atoms with E-state index in [1.54, 1.807) is 0 Å². The van der Waals surface area contributed by atoms with Gasteiger partial charge in [-0.15, -0.1) is 5.10 Å². The lowest BCUT2D eigenvalue weighted by molar-refractivity contribution is -0.387. The quantitative estimate of drug-likeness (QED) is 0.485. The van der Waals surface area contributed by atoms with Crippen molar-refractivity contribution in [3.63, 3.8) is 0 Å². The molecule has 0 atom stereocenters. The van der Waals surface area contributed by atoms with Gasteiger partial charge in [-0.05, 0) is 35.5 Å². The minimum absolute atomic E-state index is 0.344. The molecule has 9 heteroatoms. The molecule has 2 rings (SSSR count). The minimum atomic E-state index is -0.891. The maximum atomic E-state index is 13.3. The third-order valence-corrected chi connectivity index (χ3v) is 2.61. The predicted molar refractivity (Wildman–Crippen MR) is 67.8 cm³/mol. The molecular formula is C11H13FN6O2. The molecule has 0 aliphatic heterocycles. The summed E-state index contributed by atoms with van der Waals surface area (Å²) in [5.74, 6) is -0.392. The lowest BCUT2D eigenvalue weighted by Gasteiger charge is -2.05. The molecule has 0 spiro atoms. The highest BCUT2D eigenvalue weighted by Crippen LogP contribution is 2.20. The molecule has 0 aliphatic carbocycles. The first kappa shape index (κ1) is 14.0. The summed E-state index contributed by atoms with van der Waals surface area (Å²) in [6.07, 6.45) is 0.962. The maximum Gasteiger partial charge on any atom is 0.306 e. The van der Waals surface area contributed by atoms with E-state index in [2.05, 4.69) is 20.8 Å². The molecule has 0 radical (unpaired) electrons. The Balaban J connectivity index is 2.30. The van der Waals surface area contributed by atoms with E-state index in [-0.39, 0.29) is 0 Å². The number of benzene rings is 1. The van der Waals surface area contributed by atoms with Crippen LogP contribution in [0.5, 0.6) is 0 Å². The molecule has 0 amide bonds. The first-order chi connectivity index (χ1) is 9.63. The van der Waals surface area contributed by atoms with Crippen molar-refractivity contribution in [2.24, 2.45) is 0 Å². The third kappa shape index (κ3) is 2.94. The Labute approximate surface area is 113 Å². The molecule has 1 heterocycles. The van der Waals surface area contributed by atoms with Crippen LogP contribution in [0.3, 0.4) is 0 Å². The van der Waals surface area contributed by atoms with Crippen molar-refractivity contribution in [3.8, 4) is 5.69 Å². The second kappa shape index (κ2) is 6.15. The summed E-state index contributed by atoms with van der Waals surface area (Å²) in [5, 5.41) is 25.0. The van der Waals surface area contributed by atoms with Crippen LogP contribution in [0.2, 0.25) is 0 Å². The summed E-state index contributed by atoms with van der Waals surface area (Å²) in [6, 6.07) is 3.52. The van der Waals surface area contributed by atoms with E-state index < -0.39 is 16.4 Å². The van der Waals surface area contributed by atoms with E-state index in [0.717, 1.165) is 25.1 Å². The number of nitrogens with zero attached hydrogens (tertiary/aromatic N) is 5. The first-order valence-corrected chi connectivity index (χ1v) is 6.05. The molecule has 2 aromatic rings. The van der Waals surface area contributed by atoms with Crippen molar-refractivity contribution in [2.45, 2.75) is 19.9 Å². The van der Waals surface area contributed by atoms with Gasteiger partial charge < -0.3 is 5.32 Å². The Morgan fingerprint density at radius 3 is 3.00 bits per heavy atom. The lowest BCUT2D eigenvalue weighted by atomic mass is 10.2. The largest absolute Gasteiger partial charge is 0.310 e. The van der Waals surface area contributed by atoms with Gasteiger partial charge in [0.1, 0.15) is 0 Å². The third-order valence-electron chi connectivity index (χ3n) is 2.61. The number of tetrazole rings is 1. The number of hydrogen-bond acceptors (Lipinski definition) is 6. The second-order valence-corrected chi connectivity index (χ2v) is 4.08. The molecule has 0 fully saturated rings. The molecular weight excluding hydrogens is 267 g/mol. The van der Waals surface area contributed by atoms with E-state index in [0.29, 0.717) is 18.1 Å². The van der Waals surface area contributed by atoms with Gasteiger partial charge in [-0.3, -0.25) is 10.1 Å². The van der Waals surface area contributed by atoms with E-state index in [4.69, 9.17) is 0 Å². The number of nitro benzene ring substituents is 1. The zero-order valence-corrected chi connectivity index (χ0v) is 10.8. The van der Waals surface area contributed by atoms with E-state index in [1.165, 1.54) is 10.7 Å². The Morgan fingerprint density at radius 2 is 2.30 bits per heavy atom. The summed E-state index contributed by atoms with van der Waals surface area (Å²) in [4.78, 5) is 9.95. The minimum Gasteiger partial charge on any atom is -0.310 e. The molecule has 0 saturated carbocycles. The molecule has 1 N–H and O–H groups in total. The Morgan fingerprint density at radius 1 is 1.50 bits per heavy atom. The normalized spacial score (nSPS) is 10.7. The molecule has 0 aliphatic rings. The maximum absolute atomic E-state index is 13.3. The van der Waals surface area contributed by atoms with Crippen LogP contribution >= 0.6 is 0 Å². The van der Waals surface area contributed by atoms with Crippen molar-refractivity contribution < 1.29 is 9.31 Å². The molecule has 106 valence electrons. The van der Waals surface area contributed by atoms with Crippen LogP contribution in [0.1, 0.15) is 19.2 Å². The molecule has 8 nitrogen and oxygen atoms in total. The number of rotatable bonds is 6. The molecule has 0 saturated heterocycles. The zero-order valence-electron chi connectivity index (χ0n) is 10.8. The van der Waals surface area contributed by atoms with Crippen molar-refractivity contribution in [1.29, 1.82) is 0 Å². The van der Waals surface area contributed by atoms with Crippen LogP contribution in [0.15, 0.2) is 18.2 Å². The van der Waals surface area contributed by atoms with Gasteiger partial charge in [0.2, 0.25) is 5.82 Å². The van der Waals surface area contributed by atoms with Gasteiger partial charge >= 0.3 is 5.69 Å². The molecule has 20 heavy (non-hydrogen) atoms. The monoisotopic (exact) mass is 280 g/mol. The Hall–Kier alpha value is -2.42. The van der Waals surface area contributed by atoms with Gasteiger partial charge in [-0.2, -0.15) is 9.07 Å². The number of nitrogens with one attached hydrogen (secondary N) is 1. The van der Waals surface area contributed by atoms with Crippen LogP contribution in [0, 0.1) is 15.9 Å². The average Bonchev–Trinajstić information content (AvgIpc) is 2.88. The Kier molecular flexibility index (Phi) is 4.31. The molecule has 1 aromatic heterocycles. The number of aromatic nitrogens is 4. The number of hydrogen-bond donors (Lipinski definition) is 1. The van der Waals surface area contributed by atoms with Crippen molar-refractivity contribution in [2.75, 3.05) is 6.54 Å². The van der Waals surface area contributed by atoms with Gasteiger partial charge in [0.25, 0.3) is 0 Å². The molecule has 1 aromatic carbocycles. The zero-order chi connectivity index (χ0) is 14.5. The van der Waals surface area contributed by atoms with E-state index in [9.17, 15) is 14.5 Å². The number of nitro groups is 1. The van der Waals surface area contributed by atoms with Crippen LogP contribution in [-0.4, -0.2) is 31.7 Å². The topological polar surface area (TPSA) is 98.8 Å². The highest BCUT2D eigenvalue weighted by molar-refractivity contribution is 5.44. The second-order valence-electron chi connectivity index (χ2n) is 4.08. The highest BCUT2D eigenvalue weighted by Gasteiger charge is 2.17. The first-order valence-electron chi connectivity index (χ1n) is 6.05. The number of halogens is 1. The van der Waals surface area contributed by atoms with Gasteiger partial charge in [0.05, 0.1) is 17.2 Å². The lowest BCUT2D eigenvalue weighted by Crippen LogP contribution is -2.17. The van der Waals surface area contributed by atoms with Gasteiger partial charge in [0.15, 0.2) is 5.82 Å². The van der Waals surface area contributed by atoms with E-state index in [1.807, 2.05) is 6.92 Å². The standard InChI is InChI=1S/C11H13FN6O2/c1-2-5-13-7-11-14-15-16-17(11)8-3-4-9(12)10(6-8)18(19)20/h3-4,6,13H,2,5,7H2,1H3. The van der Waals surface area contributed by atoms with Crippen LogP contribution in [0.25, 0.3) is 5.69 Å². The summed E-state index contributed by atoms with van der Waals surface area (Å²) in [5.41, 5.74) is -0.262. The smallest absolute Gasteiger partial charge is 0.306 e. The van der Waals surface area contributed by atoms with Crippen LogP contribution in [0.4, 0.5) is 10.1 Å². The van der Waals surface area contributed by atoms with Crippen LogP contribution < -0.4 is 5.32 Å². The fourth-order valence-corrected chi connectivity index (χ4v) is 1.67. The summed E-state index contributed by atoms with van der Waals surface area (Å²) in [6.45, 7) is 3.25. The Bertz CT molecular complexity index is 615. The van der Waals surface area contributed by atoms with Gasteiger partial charge in [-0.25, -0.2) is 0 Å². The van der Waals surface area contributed by atoms with Crippen molar-refractivity contribution in [1.82, 2.24) is 25.5 Å². The van der Waals surface area contributed by atoms with E-state index >= 15 is 0 Å². The van der Waals surface area contributed by atoms with Crippen molar-refractivity contribution in [3.05, 3.63) is 40.0 Å². The molecule has 0 unspecified atom stereocenters. The summed E-state index contributed by atoms with van der Waals surface area (Å²) in [7, 11) is 0. The fourth-order valence-electron chi connectivity index (χ4n) is 1.67. The summed E-state index contributed by atoms with van der Waals surface area (Å²) >= 11 is 0. The summed E-state index contributed by atoms with van der Waals surface area (Å²) < 4.78 is 14.6. The predicted octanol–water partition coefficient (Wildman–Crippen LogP) is 1.21. The van der Waals surface area contributed by atoms with Gasteiger partial charge in [-0.1, -0.05) is 6.92 Å². The van der Waals surface area contributed by atoms with Gasteiger partial charge in [0, 0.05) is 6.07 Å². The highest BCUT2D eigenvalue weighted by atomic mass is 19.1.